The van der Waals surface area contributed by atoms with E-state index in [2.05, 4.69) is 5.32 Å². The van der Waals surface area contributed by atoms with Gasteiger partial charge in [0.25, 0.3) is 5.91 Å². The second kappa shape index (κ2) is 7.69. The number of benzene rings is 1. The zero-order chi connectivity index (χ0) is 18.6. The number of thiophene rings is 1. The van der Waals surface area contributed by atoms with E-state index in [1.54, 1.807) is 0 Å². The van der Waals surface area contributed by atoms with E-state index in [0.717, 1.165) is 23.5 Å². The summed E-state index contributed by atoms with van der Waals surface area (Å²) in [5.74, 6) is -0.625. The minimum atomic E-state index is -4.53. The Morgan fingerprint density at radius 1 is 1.16 bits per heavy atom. The van der Waals surface area contributed by atoms with E-state index in [9.17, 15) is 22.8 Å². The molecule has 25 heavy (non-hydrogen) atoms. The Balaban J connectivity index is 2.30. The molecule has 1 aromatic heterocycles. The molecule has 0 aliphatic rings. The van der Waals surface area contributed by atoms with Gasteiger partial charge in [-0.3, -0.25) is 9.59 Å². The second-order valence-corrected chi connectivity index (χ2v) is 6.32. The normalized spacial score (nSPS) is 11.2. The summed E-state index contributed by atoms with van der Waals surface area (Å²) in [5, 5.41) is 2.44. The van der Waals surface area contributed by atoms with Gasteiger partial charge in [0.05, 0.1) is 27.6 Å². The Hall–Kier alpha value is -2.35. The second-order valence-electron chi connectivity index (χ2n) is 5.23. The highest BCUT2D eigenvalue weighted by atomic mass is 32.1. The third-order valence-corrected chi connectivity index (χ3v) is 4.38. The summed E-state index contributed by atoms with van der Waals surface area (Å²) in [6.45, 7) is 3.54. The van der Waals surface area contributed by atoms with Gasteiger partial charge in [0.1, 0.15) is 5.75 Å². The van der Waals surface area contributed by atoms with Crippen LogP contribution in [0.25, 0.3) is 0 Å². The van der Waals surface area contributed by atoms with Gasteiger partial charge in [-0.15, -0.1) is 11.3 Å². The molecule has 0 aliphatic heterocycles. The van der Waals surface area contributed by atoms with E-state index in [1.807, 2.05) is 6.92 Å². The number of ether oxygens (including phenoxy) is 1. The van der Waals surface area contributed by atoms with Crippen molar-refractivity contribution in [2.45, 2.75) is 26.4 Å². The molecule has 1 amide bonds. The summed E-state index contributed by atoms with van der Waals surface area (Å²) in [4.78, 5) is 24.2. The molecule has 0 unspecified atom stereocenters. The number of hydrogen-bond acceptors (Lipinski definition) is 4. The highest BCUT2D eigenvalue weighted by Gasteiger charge is 2.31. The lowest BCUT2D eigenvalue weighted by Crippen LogP contribution is -2.13. The van der Waals surface area contributed by atoms with Gasteiger partial charge in [0.15, 0.2) is 5.78 Å². The number of carbonyl (C=O) groups excluding carboxylic acids is 2. The fraction of sp³-hybridized carbons (Fsp3) is 0.294. The third-order valence-electron chi connectivity index (χ3n) is 3.19. The summed E-state index contributed by atoms with van der Waals surface area (Å²) < 4.78 is 44.1. The molecule has 0 saturated carbocycles. The summed E-state index contributed by atoms with van der Waals surface area (Å²) >= 11 is 0.977. The minimum absolute atomic E-state index is 0.0638. The molecule has 4 nitrogen and oxygen atoms in total. The quantitative estimate of drug-likeness (QED) is 0.726. The summed E-state index contributed by atoms with van der Waals surface area (Å²) in [7, 11) is 0. The molecule has 1 aromatic carbocycles. The molecule has 0 saturated heterocycles. The highest BCUT2D eigenvalue weighted by Crippen LogP contribution is 2.35. The number of nitrogens with one attached hydrogen (secondary N) is 1. The molecule has 0 fully saturated rings. The van der Waals surface area contributed by atoms with E-state index in [-0.39, 0.29) is 22.1 Å². The van der Waals surface area contributed by atoms with Gasteiger partial charge < -0.3 is 10.1 Å². The molecular weight excluding hydrogens is 355 g/mol. The third kappa shape index (κ3) is 4.82. The van der Waals surface area contributed by atoms with Gasteiger partial charge in [-0.05, 0) is 43.7 Å². The van der Waals surface area contributed by atoms with Crippen molar-refractivity contribution in [1.29, 1.82) is 0 Å². The van der Waals surface area contributed by atoms with Crippen molar-refractivity contribution in [2.24, 2.45) is 0 Å². The topological polar surface area (TPSA) is 55.4 Å². The Morgan fingerprint density at radius 2 is 1.84 bits per heavy atom. The summed E-state index contributed by atoms with van der Waals surface area (Å²) in [6.07, 6.45) is -3.87. The first-order valence-corrected chi connectivity index (χ1v) is 8.30. The largest absolute Gasteiger partial charge is 0.491 e. The number of carbonyl (C=O) groups is 2. The van der Waals surface area contributed by atoms with E-state index in [4.69, 9.17) is 4.74 Å². The number of Topliss-reactive ketones (excluding diaryl/α,β-unsaturated/α-hetero) is 1. The Kier molecular flexibility index (Phi) is 5.84. The molecule has 0 radical (unpaired) electrons. The smallest absolute Gasteiger partial charge is 0.416 e. The summed E-state index contributed by atoms with van der Waals surface area (Å²) in [5.41, 5.74) is -0.951. The maximum atomic E-state index is 12.9. The monoisotopic (exact) mass is 371 g/mol. The minimum Gasteiger partial charge on any atom is -0.491 e. The van der Waals surface area contributed by atoms with Gasteiger partial charge in [-0.1, -0.05) is 6.92 Å². The van der Waals surface area contributed by atoms with Gasteiger partial charge in [-0.2, -0.15) is 13.2 Å². The zero-order valence-electron chi connectivity index (χ0n) is 13.6. The van der Waals surface area contributed by atoms with Gasteiger partial charge in [-0.25, -0.2) is 0 Å². The maximum absolute atomic E-state index is 12.9. The molecule has 2 aromatic rings. The van der Waals surface area contributed by atoms with E-state index in [0.29, 0.717) is 17.9 Å². The lowest BCUT2D eigenvalue weighted by molar-refractivity contribution is -0.137. The highest BCUT2D eigenvalue weighted by molar-refractivity contribution is 7.16. The van der Waals surface area contributed by atoms with Crippen LogP contribution in [0.1, 0.15) is 45.2 Å². The lowest BCUT2D eigenvalue weighted by Gasteiger charge is -2.14. The van der Waals surface area contributed by atoms with Crippen molar-refractivity contribution >= 4 is 28.7 Å². The van der Waals surface area contributed by atoms with Gasteiger partial charge in [0.2, 0.25) is 0 Å². The molecule has 8 heteroatoms. The molecular formula is C17H16F3NO3S. The average Bonchev–Trinajstić information content (AvgIpc) is 3.03. The van der Waals surface area contributed by atoms with Crippen LogP contribution in [-0.2, 0) is 6.18 Å². The van der Waals surface area contributed by atoms with Crippen LogP contribution >= 0.6 is 11.3 Å². The predicted octanol–water partition coefficient (Wildman–Crippen LogP) is 5.01. The van der Waals surface area contributed by atoms with Crippen LogP contribution in [0.15, 0.2) is 30.3 Å². The SMILES string of the molecule is CCCOc1ccc(C(F)(F)F)cc1NC(=O)c1ccc(C(C)=O)s1. The number of halogens is 3. The van der Waals surface area contributed by atoms with Gasteiger partial charge in [0, 0.05) is 0 Å². The number of alkyl halides is 3. The maximum Gasteiger partial charge on any atom is 0.416 e. The Bertz CT molecular complexity index is 784. The molecule has 134 valence electrons. The van der Waals surface area contributed by atoms with Crippen LogP contribution in [0.3, 0.4) is 0 Å². The van der Waals surface area contributed by atoms with E-state index >= 15 is 0 Å². The van der Waals surface area contributed by atoms with E-state index < -0.39 is 17.6 Å². The van der Waals surface area contributed by atoms with Crippen LogP contribution in [0.5, 0.6) is 5.75 Å². The number of hydrogen-bond donors (Lipinski definition) is 1. The Labute approximate surface area is 146 Å². The molecule has 0 aliphatic carbocycles. The average molecular weight is 371 g/mol. The van der Waals surface area contributed by atoms with Crippen molar-refractivity contribution in [3.05, 3.63) is 45.6 Å². The van der Waals surface area contributed by atoms with E-state index in [1.165, 1.54) is 25.1 Å². The van der Waals surface area contributed by atoms with Crippen molar-refractivity contribution in [3.8, 4) is 5.75 Å². The van der Waals surface area contributed by atoms with Crippen LogP contribution in [0.4, 0.5) is 18.9 Å². The zero-order valence-corrected chi connectivity index (χ0v) is 14.4. The fourth-order valence-corrected chi connectivity index (χ4v) is 2.77. The Morgan fingerprint density at radius 3 is 2.40 bits per heavy atom. The van der Waals surface area contributed by atoms with Crippen molar-refractivity contribution < 1.29 is 27.5 Å². The van der Waals surface area contributed by atoms with Crippen LogP contribution in [0.2, 0.25) is 0 Å². The molecule has 0 spiro atoms. The number of anilines is 1. The fourth-order valence-electron chi connectivity index (χ4n) is 1.97. The van der Waals surface area contributed by atoms with Crippen molar-refractivity contribution in [1.82, 2.24) is 0 Å². The molecule has 1 heterocycles. The molecule has 0 bridgehead atoms. The van der Waals surface area contributed by atoms with Crippen LogP contribution in [0, 0.1) is 0 Å². The first kappa shape index (κ1) is 19.0. The lowest BCUT2D eigenvalue weighted by atomic mass is 10.1. The number of rotatable bonds is 6. The number of ketones is 1. The molecule has 0 atom stereocenters. The number of amides is 1. The molecule has 1 N–H and O–H groups in total. The summed E-state index contributed by atoms with van der Waals surface area (Å²) in [6, 6.07) is 5.88. The standard InChI is InChI=1S/C17H16F3NO3S/c1-3-8-24-13-5-4-11(17(18,19)20)9-12(13)21-16(23)15-7-6-14(25-15)10(2)22/h4-7,9H,3,8H2,1-2H3,(H,21,23). The van der Waals surface area contributed by atoms with Crippen LogP contribution in [-0.4, -0.2) is 18.3 Å². The van der Waals surface area contributed by atoms with Crippen molar-refractivity contribution in [3.63, 3.8) is 0 Å². The molecule has 2 rings (SSSR count). The first-order chi connectivity index (χ1) is 11.7. The van der Waals surface area contributed by atoms with Crippen molar-refractivity contribution in [2.75, 3.05) is 11.9 Å². The van der Waals surface area contributed by atoms with Crippen LogP contribution < -0.4 is 10.1 Å². The first-order valence-electron chi connectivity index (χ1n) is 7.48. The van der Waals surface area contributed by atoms with Gasteiger partial charge >= 0.3 is 6.18 Å². The predicted molar refractivity (Wildman–Crippen MR) is 89.5 cm³/mol.